The van der Waals surface area contributed by atoms with Gasteiger partial charge in [0.15, 0.2) is 0 Å². The number of esters is 1. The third kappa shape index (κ3) is 3.82. The van der Waals surface area contributed by atoms with E-state index in [9.17, 15) is 22.8 Å². The number of ether oxygens (including phenoxy) is 1. The Kier molecular flexibility index (Phi) is 4.89. The molecule has 0 unspecified atom stereocenters. The van der Waals surface area contributed by atoms with E-state index in [-0.39, 0.29) is 31.1 Å². The molecular weight excluding hydrogens is 361 g/mol. The molecule has 8 heteroatoms. The van der Waals surface area contributed by atoms with Crippen molar-refractivity contribution in [3.05, 3.63) is 0 Å². The fourth-order valence-corrected chi connectivity index (χ4v) is 6.14. The predicted molar refractivity (Wildman–Crippen MR) is 90.6 cm³/mol. The first-order chi connectivity index (χ1) is 12.7. The molecule has 0 N–H and O–H groups in total. The highest BCUT2D eigenvalue weighted by Crippen LogP contribution is 2.60. The maximum absolute atomic E-state index is 12.8. The Labute approximate surface area is 157 Å². The van der Waals surface area contributed by atoms with Gasteiger partial charge in [0.2, 0.25) is 0 Å². The van der Waals surface area contributed by atoms with Gasteiger partial charge in [0.05, 0.1) is 5.41 Å². The van der Waals surface area contributed by atoms with Gasteiger partial charge in [0.1, 0.15) is 6.61 Å². The highest BCUT2D eigenvalue weighted by molar-refractivity contribution is 5.82. The lowest BCUT2D eigenvalue weighted by atomic mass is 9.49. The van der Waals surface area contributed by atoms with Crippen molar-refractivity contribution in [2.75, 3.05) is 39.3 Å². The van der Waals surface area contributed by atoms with Crippen molar-refractivity contribution in [1.82, 2.24) is 9.80 Å². The van der Waals surface area contributed by atoms with Crippen molar-refractivity contribution >= 4 is 11.9 Å². The highest BCUT2D eigenvalue weighted by Gasteiger charge is 2.55. The van der Waals surface area contributed by atoms with Crippen LogP contribution in [-0.2, 0) is 14.3 Å². The van der Waals surface area contributed by atoms with Gasteiger partial charge in [-0.2, -0.15) is 13.2 Å². The first kappa shape index (κ1) is 19.0. The second-order valence-corrected chi connectivity index (χ2v) is 8.97. The Morgan fingerprint density at radius 1 is 0.926 bits per heavy atom. The molecule has 0 radical (unpaired) electrons. The lowest BCUT2D eigenvalue weighted by Gasteiger charge is -2.55. The topological polar surface area (TPSA) is 49.9 Å². The van der Waals surface area contributed by atoms with E-state index in [1.54, 1.807) is 0 Å². The number of piperazine rings is 1. The number of halogens is 3. The quantitative estimate of drug-likeness (QED) is 0.695. The zero-order chi connectivity index (χ0) is 19.2. The molecule has 0 aromatic carbocycles. The van der Waals surface area contributed by atoms with Crippen LogP contribution in [0.5, 0.6) is 0 Å². The fourth-order valence-electron chi connectivity index (χ4n) is 6.14. The van der Waals surface area contributed by atoms with E-state index in [2.05, 4.69) is 0 Å². The molecule has 0 spiro atoms. The van der Waals surface area contributed by atoms with E-state index in [0.717, 1.165) is 24.2 Å². The largest absolute Gasteiger partial charge is 0.471 e. The zero-order valence-electron chi connectivity index (χ0n) is 15.5. The lowest BCUT2D eigenvalue weighted by molar-refractivity contribution is -0.187. The van der Waals surface area contributed by atoms with Crippen LogP contribution in [0.1, 0.15) is 38.5 Å². The van der Waals surface area contributed by atoms with Crippen LogP contribution in [0.15, 0.2) is 0 Å². The molecule has 5 rings (SSSR count). The van der Waals surface area contributed by atoms with Crippen LogP contribution in [-0.4, -0.2) is 67.2 Å². The Bertz CT molecular complexity index is 564. The van der Waals surface area contributed by atoms with Gasteiger partial charge in [-0.3, -0.25) is 14.5 Å². The molecule has 4 bridgehead atoms. The second kappa shape index (κ2) is 6.94. The Hall–Kier alpha value is -1.31. The van der Waals surface area contributed by atoms with Crippen molar-refractivity contribution < 1.29 is 27.5 Å². The van der Waals surface area contributed by atoms with Crippen LogP contribution in [0.2, 0.25) is 0 Å². The minimum absolute atomic E-state index is 0.0568. The molecule has 1 heterocycles. The normalized spacial score (nSPS) is 36.1. The van der Waals surface area contributed by atoms with Gasteiger partial charge in [-0.15, -0.1) is 0 Å². The van der Waals surface area contributed by atoms with E-state index in [1.165, 1.54) is 19.3 Å². The van der Waals surface area contributed by atoms with E-state index < -0.39 is 12.1 Å². The van der Waals surface area contributed by atoms with Crippen molar-refractivity contribution in [1.29, 1.82) is 0 Å². The number of hydrogen-bond donors (Lipinski definition) is 0. The average Bonchev–Trinajstić information content (AvgIpc) is 2.59. The van der Waals surface area contributed by atoms with Gasteiger partial charge >= 0.3 is 18.1 Å². The zero-order valence-corrected chi connectivity index (χ0v) is 15.5. The summed E-state index contributed by atoms with van der Waals surface area (Å²) in [7, 11) is 0. The summed E-state index contributed by atoms with van der Waals surface area (Å²) in [6, 6.07) is 0. The fraction of sp³-hybridized carbons (Fsp3) is 0.895. The summed E-state index contributed by atoms with van der Waals surface area (Å²) in [5.74, 6) is 0.219. The summed E-state index contributed by atoms with van der Waals surface area (Å²) in [6.07, 6.45) is 1.91. The summed E-state index contributed by atoms with van der Waals surface area (Å²) >= 11 is 0. The van der Waals surface area contributed by atoms with Crippen molar-refractivity contribution in [2.24, 2.45) is 23.2 Å². The van der Waals surface area contributed by atoms with Crippen molar-refractivity contribution in [3.8, 4) is 0 Å². The van der Waals surface area contributed by atoms with Crippen molar-refractivity contribution in [3.63, 3.8) is 0 Å². The Morgan fingerprint density at radius 3 is 1.93 bits per heavy atom. The first-order valence-electron chi connectivity index (χ1n) is 10.0. The number of nitrogens with zero attached hydrogens (tertiary/aromatic N) is 2. The molecule has 1 aliphatic heterocycles. The first-order valence-corrected chi connectivity index (χ1v) is 10.0. The van der Waals surface area contributed by atoms with E-state index in [1.807, 2.05) is 4.90 Å². The molecule has 0 atom stereocenters. The van der Waals surface area contributed by atoms with Crippen LogP contribution in [0, 0.1) is 23.2 Å². The van der Waals surface area contributed by atoms with Crippen LogP contribution < -0.4 is 0 Å². The summed E-state index contributed by atoms with van der Waals surface area (Å²) in [6.45, 7) is 1.63. The molecule has 1 amide bonds. The molecule has 0 aromatic heterocycles. The molecule has 5 nitrogen and oxygen atoms in total. The lowest BCUT2D eigenvalue weighted by Crippen LogP contribution is -2.53. The van der Waals surface area contributed by atoms with E-state index in [4.69, 9.17) is 4.74 Å². The maximum Gasteiger partial charge on any atom is 0.471 e. The number of amides is 1. The smallest absolute Gasteiger partial charge is 0.464 e. The Morgan fingerprint density at radius 2 is 1.44 bits per heavy atom. The monoisotopic (exact) mass is 388 g/mol. The minimum Gasteiger partial charge on any atom is -0.464 e. The SMILES string of the molecule is O=C(N1CCN(CCOC(=O)C23CC4CC(CC(C4)C2)C3)CC1)C(F)(F)F. The van der Waals surface area contributed by atoms with Crippen LogP contribution in [0.4, 0.5) is 13.2 Å². The third-order valence-electron chi connectivity index (χ3n) is 7.01. The third-order valence-corrected chi connectivity index (χ3v) is 7.01. The molecule has 5 fully saturated rings. The van der Waals surface area contributed by atoms with Crippen LogP contribution in [0.3, 0.4) is 0 Å². The molecule has 0 aromatic rings. The Balaban J connectivity index is 1.21. The van der Waals surface area contributed by atoms with Crippen LogP contribution >= 0.6 is 0 Å². The molecule has 27 heavy (non-hydrogen) atoms. The number of rotatable bonds is 4. The maximum atomic E-state index is 12.8. The predicted octanol–water partition coefficient (Wildman–Crippen LogP) is 2.45. The molecular formula is C19H27F3N2O3. The molecule has 4 saturated carbocycles. The summed E-state index contributed by atoms with van der Waals surface area (Å²) in [5.41, 5.74) is -0.271. The minimum atomic E-state index is -4.81. The highest BCUT2D eigenvalue weighted by atomic mass is 19.4. The summed E-state index contributed by atoms with van der Waals surface area (Å²) < 4.78 is 43.0. The number of alkyl halides is 3. The van der Waals surface area contributed by atoms with E-state index >= 15 is 0 Å². The standard InChI is InChI=1S/C19H27F3N2O3/c20-19(21,22)16(25)24-3-1-23(2-4-24)5-6-27-17(26)18-10-13-7-14(11-18)9-15(8-13)12-18/h13-15H,1-12H2. The van der Waals surface area contributed by atoms with Gasteiger partial charge in [0.25, 0.3) is 0 Å². The van der Waals surface area contributed by atoms with Gasteiger partial charge in [-0.05, 0) is 56.3 Å². The molecule has 4 aliphatic carbocycles. The number of carbonyl (C=O) groups is 2. The van der Waals surface area contributed by atoms with E-state index in [0.29, 0.717) is 37.4 Å². The van der Waals surface area contributed by atoms with Crippen LogP contribution in [0.25, 0.3) is 0 Å². The molecule has 1 saturated heterocycles. The summed E-state index contributed by atoms with van der Waals surface area (Å²) in [4.78, 5) is 26.8. The number of carbonyl (C=O) groups excluding carboxylic acids is 2. The second-order valence-electron chi connectivity index (χ2n) is 8.97. The molecule has 5 aliphatic rings. The summed E-state index contributed by atoms with van der Waals surface area (Å²) in [5, 5.41) is 0. The molecule has 152 valence electrons. The average molecular weight is 388 g/mol. The van der Waals surface area contributed by atoms with Gasteiger partial charge in [0, 0.05) is 32.7 Å². The van der Waals surface area contributed by atoms with Crippen molar-refractivity contribution in [2.45, 2.75) is 44.7 Å². The number of hydrogen-bond acceptors (Lipinski definition) is 4. The van der Waals surface area contributed by atoms with Gasteiger partial charge < -0.3 is 9.64 Å². The van der Waals surface area contributed by atoms with Gasteiger partial charge in [-0.1, -0.05) is 0 Å². The van der Waals surface area contributed by atoms with Gasteiger partial charge in [-0.25, -0.2) is 0 Å².